The van der Waals surface area contributed by atoms with Crippen molar-refractivity contribution in [1.29, 1.82) is 0 Å². The summed E-state index contributed by atoms with van der Waals surface area (Å²) in [4.78, 5) is 2.66. The van der Waals surface area contributed by atoms with Crippen molar-refractivity contribution in [2.45, 2.75) is 64.5 Å². The van der Waals surface area contributed by atoms with Gasteiger partial charge in [-0.3, -0.25) is 4.90 Å². The molecule has 2 N–H and O–H groups in total. The van der Waals surface area contributed by atoms with Crippen LogP contribution in [0, 0.1) is 0 Å². The molecule has 0 aliphatic carbocycles. The van der Waals surface area contributed by atoms with Crippen molar-refractivity contribution in [3.8, 4) is 0 Å². The van der Waals surface area contributed by atoms with Crippen LogP contribution in [0.2, 0.25) is 0 Å². The minimum absolute atomic E-state index is 0.655. The number of hydrogen-bond donors (Lipinski definition) is 1. The molecule has 1 heterocycles. The van der Waals surface area contributed by atoms with Crippen molar-refractivity contribution >= 4 is 0 Å². The van der Waals surface area contributed by atoms with Crippen molar-refractivity contribution in [2.75, 3.05) is 13.1 Å². The van der Waals surface area contributed by atoms with Gasteiger partial charge in [0.1, 0.15) is 0 Å². The topological polar surface area (TPSA) is 29.3 Å². The third kappa shape index (κ3) is 2.96. The zero-order chi connectivity index (χ0) is 10.4. The van der Waals surface area contributed by atoms with Gasteiger partial charge in [-0.15, -0.1) is 0 Å². The summed E-state index contributed by atoms with van der Waals surface area (Å²) < 4.78 is 0. The fourth-order valence-corrected chi connectivity index (χ4v) is 2.64. The number of unbranched alkanes of at least 4 members (excludes halogenated alkanes) is 1. The van der Waals surface area contributed by atoms with Gasteiger partial charge < -0.3 is 5.73 Å². The Bertz CT molecular complexity index is 147. The van der Waals surface area contributed by atoms with E-state index >= 15 is 0 Å². The Kier molecular flexibility index (Phi) is 5.49. The van der Waals surface area contributed by atoms with Crippen LogP contribution in [-0.4, -0.2) is 30.1 Å². The summed E-state index contributed by atoms with van der Waals surface area (Å²) in [5, 5.41) is 0. The predicted molar refractivity (Wildman–Crippen MR) is 62.4 cm³/mol. The first-order valence-electron chi connectivity index (χ1n) is 6.29. The van der Waals surface area contributed by atoms with Crippen LogP contribution in [0.25, 0.3) is 0 Å². The number of nitrogens with two attached hydrogens (primary N) is 1. The molecule has 2 atom stereocenters. The van der Waals surface area contributed by atoms with Crippen LogP contribution in [0.4, 0.5) is 0 Å². The zero-order valence-electron chi connectivity index (χ0n) is 9.84. The summed E-state index contributed by atoms with van der Waals surface area (Å²) in [6.45, 7) is 6.69. The maximum atomic E-state index is 5.87. The van der Waals surface area contributed by atoms with Crippen molar-refractivity contribution in [3.05, 3.63) is 0 Å². The fourth-order valence-electron chi connectivity index (χ4n) is 2.64. The quantitative estimate of drug-likeness (QED) is 0.710. The van der Waals surface area contributed by atoms with Gasteiger partial charge in [0.2, 0.25) is 0 Å². The van der Waals surface area contributed by atoms with Gasteiger partial charge in [-0.1, -0.05) is 26.7 Å². The van der Waals surface area contributed by atoms with Crippen LogP contribution in [0.1, 0.15) is 52.4 Å². The van der Waals surface area contributed by atoms with Crippen LogP contribution < -0.4 is 5.73 Å². The maximum absolute atomic E-state index is 5.87. The van der Waals surface area contributed by atoms with Crippen LogP contribution in [0.3, 0.4) is 0 Å². The Balaban J connectivity index is 2.41. The molecule has 84 valence electrons. The van der Waals surface area contributed by atoms with Gasteiger partial charge in [0.05, 0.1) is 0 Å². The number of rotatable bonds is 6. The van der Waals surface area contributed by atoms with Crippen molar-refractivity contribution in [2.24, 2.45) is 5.73 Å². The highest BCUT2D eigenvalue weighted by molar-refractivity contribution is 4.84. The molecular weight excluding hydrogens is 172 g/mol. The highest BCUT2D eigenvalue weighted by atomic mass is 15.2. The van der Waals surface area contributed by atoms with E-state index < -0.39 is 0 Å². The summed E-state index contributed by atoms with van der Waals surface area (Å²) in [7, 11) is 0. The van der Waals surface area contributed by atoms with Gasteiger partial charge in [0.15, 0.2) is 0 Å². The van der Waals surface area contributed by atoms with Crippen molar-refractivity contribution in [3.63, 3.8) is 0 Å². The van der Waals surface area contributed by atoms with E-state index in [9.17, 15) is 0 Å². The Morgan fingerprint density at radius 1 is 1.43 bits per heavy atom. The molecule has 0 spiro atoms. The van der Waals surface area contributed by atoms with Crippen LogP contribution in [0.15, 0.2) is 0 Å². The second kappa shape index (κ2) is 6.41. The van der Waals surface area contributed by atoms with Gasteiger partial charge >= 0.3 is 0 Å². The van der Waals surface area contributed by atoms with E-state index in [1.165, 1.54) is 45.1 Å². The lowest BCUT2D eigenvalue weighted by molar-refractivity contribution is 0.168. The molecule has 1 aliphatic heterocycles. The van der Waals surface area contributed by atoms with Gasteiger partial charge in [0.25, 0.3) is 0 Å². The van der Waals surface area contributed by atoms with Gasteiger partial charge in [-0.25, -0.2) is 0 Å². The molecular formula is C12H26N2. The number of hydrogen-bond acceptors (Lipinski definition) is 2. The molecule has 0 saturated carbocycles. The molecule has 0 aromatic carbocycles. The molecule has 1 fully saturated rings. The lowest BCUT2D eigenvalue weighted by atomic mass is 10.1. The molecule has 2 nitrogen and oxygen atoms in total. The highest BCUT2D eigenvalue weighted by Crippen LogP contribution is 2.24. The molecule has 2 heteroatoms. The molecule has 0 bridgehead atoms. The average molecular weight is 198 g/mol. The lowest BCUT2D eigenvalue weighted by Crippen LogP contribution is -2.43. The van der Waals surface area contributed by atoms with Crippen molar-refractivity contribution in [1.82, 2.24) is 4.90 Å². The first kappa shape index (κ1) is 12.0. The van der Waals surface area contributed by atoms with E-state index in [2.05, 4.69) is 18.7 Å². The Hall–Kier alpha value is -0.0800. The molecule has 2 unspecified atom stereocenters. The van der Waals surface area contributed by atoms with Gasteiger partial charge in [0, 0.05) is 18.6 Å². The standard InChI is InChI=1S/C12H26N2/c1-3-5-7-12(10-13)14-9-6-8-11(14)4-2/h11-12H,3-10,13H2,1-2H3. The normalized spacial score (nSPS) is 25.5. The largest absolute Gasteiger partial charge is 0.329 e. The minimum Gasteiger partial charge on any atom is -0.329 e. The zero-order valence-corrected chi connectivity index (χ0v) is 9.84. The first-order chi connectivity index (χ1) is 6.83. The summed E-state index contributed by atoms with van der Waals surface area (Å²) >= 11 is 0. The molecule has 0 aromatic rings. The molecule has 0 amide bonds. The summed E-state index contributed by atoms with van der Waals surface area (Å²) in [5.74, 6) is 0. The van der Waals surface area contributed by atoms with Crippen LogP contribution in [-0.2, 0) is 0 Å². The second-order valence-electron chi connectivity index (χ2n) is 4.47. The SMILES string of the molecule is CCCCC(CN)N1CCCC1CC. The first-order valence-corrected chi connectivity index (χ1v) is 6.29. The third-order valence-electron chi connectivity index (χ3n) is 3.53. The smallest absolute Gasteiger partial charge is 0.0221 e. The van der Waals surface area contributed by atoms with E-state index in [4.69, 9.17) is 5.73 Å². The Labute approximate surface area is 88.8 Å². The van der Waals surface area contributed by atoms with E-state index in [-0.39, 0.29) is 0 Å². The van der Waals surface area contributed by atoms with E-state index in [0.717, 1.165) is 12.6 Å². The van der Waals surface area contributed by atoms with Gasteiger partial charge in [-0.2, -0.15) is 0 Å². The monoisotopic (exact) mass is 198 g/mol. The minimum atomic E-state index is 0.655. The Morgan fingerprint density at radius 2 is 2.21 bits per heavy atom. The van der Waals surface area contributed by atoms with E-state index in [1.807, 2.05) is 0 Å². The summed E-state index contributed by atoms with van der Waals surface area (Å²) in [6.07, 6.45) is 7.97. The van der Waals surface area contributed by atoms with Crippen LogP contribution in [0.5, 0.6) is 0 Å². The molecule has 14 heavy (non-hydrogen) atoms. The molecule has 1 saturated heterocycles. The average Bonchev–Trinajstić information content (AvgIpc) is 2.67. The molecule has 1 rings (SSSR count). The van der Waals surface area contributed by atoms with E-state index in [1.54, 1.807) is 0 Å². The maximum Gasteiger partial charge on any atom is 0.0221 e. The third-order valence-corrected chi connectivity index (χ3v) is 3.53. The summed E-state index contributed by atoms with van der Waals surface area (Å²) in [5.41, 5.74) is 5.87. The fraction of sp³-hybridized carbons (Fsp3) is 1.00. The molecule has 0 aromatic heterocycles. The second-order valence-corrected chi connectivity index (χ2v) is 4.47. The predicted octanol–water partition coefficient (Wildman–Crippen LogP) is 2.38. The number of nitrogens with zero attached hydrogens (tertiary/aromatic N) is 1. The van der Waals surface area contributed by atoms with Crippen LogP contribution >= 0.6 is 0 Å². The molecule has 0 radical (unpaired) electrons. The number of likely N-dealkylation sites (tertiary alicyclic amines) is 1. The summed E-state index contributed by atoms with van der Waals surface area (Å²) in [6, 6.07) is 1.47. The lowest BCUT2D eigenvalue weighted by Gasteiger charge is -2.31. The Morgan fingerprint density at radius 3 is 2.79 bits per heavy atom. The van der Waals surface area contributed by atoms with Gasteiger partial charge in [-0.05, 0) is 32.2 Å². The van der Waals surface area contributed by atoms with E-state index in [0.29, 0.717) is 6.04 Å². The highest BCUT2D eigenvalue weighted by Gasteiger charge is 2.27. The molecule has 1 aliphatic rings. The van der Waals surface area contributed by atoms with Crippen molar-refractivity contribution < 1.29 is 0 Å².